The number of benzene rings is 1. The van der Waals surface area contributed by atoms with Gasteiger partial charge in [-0.15, -0.1) is 0 Å². The van der Waals surface area contributed by atoms with Gasteiger partial charge in [0.05, 0.1) is 24.5 Å². The Morgan fingerprint density at radius 2 is 1.96 bits per heavy atom. The van der Waals surface area contributed by atoms with E-state index >= 15 is 0 Å². The molecule has 0 spiro atoms. The number of hydrogen-bond acceptors (Lipinski definition) is 3. The Bertz CT molecular complexity index is 908. The summed E-state index contributed by atoms with van der Waals surface area (Å²) in [5.41, 5.74) is 3.90. The first kappa shape index (κ1) is 16.6. The van der Waals surface area contributed by atoms with Crippen LogP contribution in [0, 0.1) is 13.8 Å². The molecule has 0 N–H and O–H groups in total. The Morgan fingerprint density at radius 1 is 1.15 bits per heavy atom. The molecular weight excluding hydrogens is 326 g/mol. The van der Waals surface area contributed by atoms with Crippen molar-refractivity contribution in [2.24, 2.45) is 0 Å². The predicted molar refractivity (Wildman–Crippen MR) is 99.3 cm³/mol. The minimum Gasteiger partial charge on any atom is -0.334 e. The number of carbonyl (C=O) groups excluding carboxylic acids is 1. The molecule has 26 heavy (non-hydrogen) atoms. The molecule has 1 atom stereocenters. The number of aryl methyl sites for hydroxylation is 2. The van der Waals surface area contributed by atoms with Gasteiger partial charge >= 0.3 is 0 Å². The van der Waals surface area contributed by atoms with Crippen molar-refractivity contribution in [3.63, 3.8) is 0 Å². The molecule has 2 aromatic heterocycles. The Hall–Kier alpha value is -2.89. The maximum Gasteiger partial charge on any atom is 0.254 e. The fourth-order valence-electron chi connectivity index (χ4n) is 3.63. The number of carbonyl (C=O) groups is 1. The molecule has 1 aliphatic rings. The molecule has 1 aromatic carbocycles. The molecular formula is C20H23N5O. The highest BCUT2D eigenvalue weighted by atomic mass is 16.2. The highest BCUT2D eigenvalue weighted by Gasteiger charge is 2.29. The summed E-state index contributed by atoms with van der Waals surface area (Å²) in [6.45, 7) is 5.61. The van der Waals surface area contributed by atoms with Gasteiger partial charge in [0.25, 0.3) is 5.91 Å². The van der Waals surface area contributed by atoms with Gasteiger partial charge in [-0.3, -0.25) is 9.48 Å². The first-order valence-corrected chi connectivity index (χ1v) is 9.03. The van der Waals surface area contributed by atoms with Crippen LogP contribution in [0.4, 0.5) is 0 Å². The van der Waals surface area contributed by atoms with E-state index in [0.717, 1.165) is 48.4 Å². The van der Waals surface area contributed by atoms with E-state index in [-0.39, 0.29) is 11.9 Å². The fraction of sp³-hybridized carbons (Fsp3) is 0.350. The van der Waals surface area contributed by atoms with Crippen molar-refractivity contribution in [1.82, 2.24) is 24.5 Å². The lowest BCUT2D eigenvalue weighted by Gasteiger charge is -2.25. The normalized spacial score (nSPS) is 17.0. The van der Waals surface area contributed by atoms with Gasteiger partial charge in [-0.2, -0.15) is 10.2 Å². The second-order valence-corrected chi connectivity index (χ2v) is 6.97. The van der Waals surface area contributed by atoms with Crippen LogP contribution in [-0.4, -0.2) is 43.0 Å². The SMILES string of the molecule is Cc1cnn(C[C@@H]2CCCN2C(=O)c2ccc(-n3nccc3C)cc2)c1. The lowest BCUT2D eigenvalue weighted by atomic mass is 10.1. The number of rotatable bonds is 4. The van der Waals surface area contributed by atoms with Gasteiger partial charge < -0.3 is 4.90 Å². The molecule has 1 aliphatic heterocycles. The summed E-state index contributed by atoms with van der Waals surface area (Å²) < 4.78 is 3.81. The number of amides is 1. The summed E-state index contributed by atoms with van der Waals surface area (Å²) in [5.74, 6) is 0.0973. The van der Waals surface area contributed by atoms with Crippen molar-refractivity contribution in [3.05, 3.63) is 65.7 Å². The highest BCUT2D eigenvalue weighted by Crippen LogP contribution is 2.22. The van der Waals surface area contributed by atoms with E-state index < -0.39 is 0 Å². The van der Waals surface area contributed by atoms with E-state index in [4.69, 9.17) is 0 Å². The van der Waals surface area contributed by atoms with Gasteiger partial charge in [0.15, 0.2) is 0 Å². The van der Waals surface area contributed by atoms with Crippen LogP contribution in [0.5, 0.6) is 0 Å². The van der Waals surface area contributed by atoms with E-state index in [2.05, 4.69) is 10.2 Å². The molecule has 0 saturated carbocycles. The molecule has 1 saturated heterocycles. The van der Waals surface area contributed by atoms with Gasteiger partial charge in [0.2, 0.25) is 0 Å². The minimum atomic E-state index is 0.0973. The number of nitrogens with zero attached hydrogens (tertiary/aromatic N) is 5. The molecule has 1 fully saturated rings. The van der Waals surface area contributed by atoms with E-state index in [1.54, 1.807) is 6.20 Å². The lowest BCUT2D eigenvalue weighted by Crippen LogP contribution is -2.38. The van der Waals surface area contributed by atoms with Crippen LogP contribution in [0.3, 0.4) is 0 Å². The first-order valence-electron chi connectivity index (χ1n) is 9.03. The van der Waals surface area contributed by atoms with Crippen molar-refractivity contribution in [2.45, 2.75) is 39.3 Å². The Morgan fingerprint density at radius 3 is 2.62 bits per heavy atom. The number of aromatic nitrogens is 4. The quantitative estimate of drug-likeness (QED) is 0.728. The number of hydrogen-bond donors (Lipinski definition) is 0. The summed E-state index contributed by atoms with van der Waals surface area (Å²) in [7, 11) is 0. The van der Waals surface area contributed by atoms with Crippen LogP contribution in [0.25, 0.3) is 5.69 Å². The second-order valence-electron chi connectivity index (χ2n) is 6.97. The molecule has 0 bridgehead atoms. The third kappa shape index (κ3) is 3.14. The van der Waals surface area contributed by atoms with E-state index in [0.29, 0.717) is 0 Å². The average Bonchev–Trinajstić information content (AvgIpc) is 3.37. The smallest absolute Gasteiger partial charge is 0.254 e. The standard InChI is InChI=1S/C20H23N5O/c1-15-12-22-23(13-15)14-19-4-3-11-24(19)20(26)17-5-7-18(8-6-17)25-16(2)9-10-21-25/h5-10,12-13,19H,3-4,11,14H2,1-2H3/t19-/m0/s1. The lowest BCUT2D eigenvalue weighted by molar-refractivity contribution is 0.0721. The zero-order valence-corrected chi connectivity index (χ0v) is 15.2. The molecule has 0 aliphatic carbocycles. The fourth-order valence-corrected chi connectivity index (χ4v) is 3.63. The van der Waals surface area contributed by atoms with Crippen LogP contribution >= 0.6 is 0 Å². The third-order valence-electron chi connectivity index (χ3n) is 4.99. The molecule has 1 amide bonds. The topological polar surface area (TPSA) is 56.0 Å². The van der Waals surface area contributed by atoms with Crippen molar-refractivity contribution in [3.8, 4) is 5.69 Å². The maximum atomic E-state index is 13.0. The summed E-state index contributed by atoms with van der Waals surface area (Å²) >= 11 is 0. The van der Waals surface area contributed by atoms with E-state index in [1.807, 2.05) is 70.8 Å². The Balaban J connectivity index is 1.50. The van der Waals surface area contributed by atoms with Gasteiger partial charge in [-0.05, 0) is 62.6 Å². The van der Waals surface area contributed by atoms with Gasteiger partial charge in [0, 0.05) is 30.2 Å². The summed E-state index contributed by atoms with van der Waals surface area (Å²) in [6, 6.07) is 9.86. The van der Waals surface area contributed by atoms with Gasteiger partial charge in [-0.25, -0.2) is 4.68 Å². The van der Waals surface area contributed by atoms with Crippen LogP contribution in [0.2, 0.25) is 0 Å². The van der Waals surface area contributed by atoms with Gasteiger partial charge in [0.1, 0.15) is 0 Å². The maximum absolute atomic E-state index is 13.0. The highest BCUT2D eigenvalue weighted by molar-refractivity contribution is 5.94. The zero-order chi connectivity index (χ0) is 18.1. The van der Waals surface area contributed by atoms with Crippen molar-refractivity contribution < 1.29 is 4.79 Å². The zero-order valence-electron chi connectivity index (χ0n) is 15.2. The molecule has 6 nitrogen and oxygen atoms in total. The molecule has 134 valence electrons. The van der Waals surface area contributed by atoms with Crippen LogP contribution in [-0.2, 0) is 6.54 Å². The Labute approximate surface area is 153 Å². The summed E-state index contributed by atoms with van der Waals surface area (Å²) in [6.07, 6.45) is 7.73. The molecule has 3 heterocycles. The van der Waals surface area contributed by atoms with Crippen LogP contribution in [0.1, 0.15) is 34.5 Å². The predicted octanol–water partition coefficient (Wildman–Crippen LogP) is 2.99. The number of likely N-dealkylation sites (tertiary alicyclic amines) is 1. The molecule has 4 rings (SSSR count). The van der Waals surface area contributed by atoms with Crippen LogP contribution < -0.4 is 0 Å². The minimum absolute atomic E-state index is 0.0973. The van der Waals surface area contributed by atoms with E-state index in [1.165, 1.54) is 0 Å². The Kier molecular flexibility index (Phi) is 4.32. The molecule has 3 aromatic rings. The average molecular weight is 349 g/mol. The molecule has 0 radical (unpaired) electrons. The van der Waals surface area contributed by atoms with Crippen LogP contribution in [0.15, 0.2) is 48.9 Å². The second kappa shape index (κ2) is 6.78. The summed E-state index contributed by atoms with van der Waals surface area (Å²) in [5, 5.41) is 8.67. The first-order chi connectivity index (χ1) is 12.6. The summed E-state index contributed by atoms with van der Waals surface area (Å²) in [4.78, 5) is 15.0. The van der Waals surface area contributed by atoms with Crippen molar-refractivity contribution in [2.75, 3.05) is 6.54 Å². The third-order valence-corrected chi connectivity index (χ3v) is 4.99. The molecule has 6 heteroatoms. The van der Waals surface area contributed by atoms with Crippen molar-refractivity contribution in [1.29, 1.82) is 0 Å². The largest absolute Gasteiger partial charge is 0.334 e. The van der Waals surface area contributed by atoms with E-state index in [9.17, 15) is 4.79 Å². The van der Waals surface area contributed by atoms with Crippen molar-refractivity contribution >= 4 is 5.91 Å². The monoisotopic (exact) mass is 349 g/mol. The van der Waals surface area contributed by atoms with Gasteiger partial charge in [-0.1, -0.05) is 0 Å². The molecule has 0 unspecified atom stereocenters.